The molecule has 6 heteroatoms. The van der Waals surface area contributed by atoms with Crippen molar-refractivity contribution >= 4 is 5.82 Å². The number of nitrogens with zero attached hydrogens (tertiary/aromatic N) is 4. The molecule has 2 atom stereocenters. The second-order valence-electron chi connectivity index (χ2n) is 5.61. The van der Waals surface area contributed by atoms with Gasteiger partial charge in [0.25, 0.3) is 0 Å². The number of aryl methyl sites for hydroxylation is 2. The highest BCUT2D eigenvalue weighted by Crippen LogP contribution is 2.34. The molecule has 6 nitrogen and oxygen atoms in total. The van der Waals surface area contributed by atoms with Gasteiger partial charge < -0.3 is 10.1 Å². The van der Waals surface area contributed by atoms with Crippen LogP contribution in [-0.4, -0.2) is 27.9 Å². The Labute approximate surface area is 129 Å². The first kappa shape index (κ1) is 14.5. The molecular weight excluding hydrogens is 278 g/mol. The van der Waals surface area contributed by atoms with Crippen molar-refractivity contribution in [3.8, 4) is 6.07 Å². The van der Waals surface area contributed by atoms with E-state index in [1.807, 2.05) is 32.4 Å². The van der Waals surface area contributed by atoms with Crippen molar-refractivity contribution < 1.29 is 4.74 Å². The van der Waals surface area contributed by atoms with Crippen LogP contribution in [0.2, 0.25) is 0 Å². The second-order valence-corrected chi connectivity index (χ2v) is 5.61. The van der Waals surface area contributed by atoms with Crippen LogP contribution in [0.15, 0.2) is 24.5 Å². The number of pyridine rings is 1. The lowest BCUT2D eigenvalue weighted by Crippen LogP contribution is -2.18. The van der Waals surface area contributed by atoms with Gasteiger partial charge in [-0.1, -0.05) is 0 Å². The predicted octanol–water partition coefficient (Wildman–Crippen LogP) is 2.18. The molecule has 0 aromatic carbocycles. The highest BCUT2D eigenvalue weighted by Gasteiger charge is 2.30. The van der Waals surface area contributed by atoms with Gasteiger partial charge in [-0.05, 0) is 25.5 Å². The van der Waals surface area contributed by atoms with Crippen molar-refractivity contribution in [2.24, 2.45) is 13.0 Å². The number of aromatic nitrogens is 3. The van der Waals surface area contributed by atoms with Crippen LogP contribution < -0.4 is 5.32 Å². The Bertz CT molecular complexity index is 703. The molecule has 1 N–H and O–H groups in total. The minimum absolute atomic E-state index is 0.0840. The molecule has 1 saturated heterocycles. The molecule has 3 rings (SSSR count). The number of anilines is 1. The summed E-state index contributed by atoms with van der Waals surface area (Å²) in [5, 5.41) is 16.5. The Balaban J connectivity index is 1.65. The van der Waals surface area contributed by atoms with Gasteiger partial charge in [0, 0.05) is 37.9 Å². The Hall–Kier alpha value is -2.39. The van der Waals surface area contributed by atoms with Crippen molar-refractivity contribution in [1.82, 2.24) is 14.8 Å². The second kappa shape index (κ2) is 6.16. The third-order valence-corrected chi connectivity index (χ3v) is 4.02. The van der Waals surface area contributed by atoms with Crippen LogP contribution in [0.3, 0.4) is 0 Å². The Morgan fingerprint density at radius 2 is 2.36 bits per heavy atom. The van der Waals surface area contributed by atoms with Gasteiger partial charge in [0.15, 0.2) is 0 Å². The normalized spacial score (nSPS) is 20.8. The summed E-state index contributed by atoms with van der Waals surface area (Å²) in [6.07, 6.45) is 4.97. The first-order chi connectivity index (χ1) is 10.7. The third-order valence-electron chi connectivity index (χ3n) is 4.02. The van der Waals surface area contributed by atoms with Crippen LogP contribution in [0, 0.1) is 24.2 Å². The molecule has 0 radical (unpaired) electrons. The van der Waals surface area contributed by atoms with E-state index >= 15 is 0 Å². The zero-order valence-electron chi connectivity index (χ0n) is 12.8. The van der Waals surface area contributed by atoms with E-state index in [-0.39, 0.29) is 6.10 Å². The molecular formula is C16H19N5O. The SMILES string of the molecule is Cc1nc(NC[C@@H]2CCO[C@H]2c2cnn(C)c2)ccc1C#N. The molecule has 114 valence electrons. The van der Waals surface area contributed by atoms with Crippen molar-refractivity contribution in [1.29, 1.82) is 5.26 Å². The number of rotatable bonds is 4. The maximum absolute atomic E-state index is 8.94. The maximum atomic E-state index is 8.94. The minimum atomic E-state index is 0.0840. The molecule has 0 saturated carbocycles. The van der Waals surface area contributed by atoms with E-state index in [2.05, 4.69) is 21.5 Å². The largest absolute Gasteiger partial charge is 0.373 e. The van der Waals surface area contributed by atoms with Gasteiger partial charge in [0.05, 0.1) is 23.6 Å². The molecule has 0 bridgehead atoms. The monoisotopic (exact) mass is 297 g/mol. The number of hydrogen-bond donors (Lipinski definition) is 1. The molecule has 1 aliphatic rings. The summed E-state index contributed by atoms with van der Waals surface area (Å²) in [6, 6.07) is 5.78. The molecule has 0 aliphatic carbocycles. The number of hydrogen-bond acceptors (Lipinski definition) is 5. The predicted molar refractivity (Wildman–Crippen MR) is 82.2 cm³/mol. The van der Waals surface area contributed by atoms with Crippen LogP contribution in [-0.2, 0) is 11.8 Å². The summed E-state index contributed by atoms with van der Waals surface area (Å²) >= 11 is 0. The van der Waals surface area contributed by atoms with Crippen molar-refractivity contribution in [2.45, 2.75) is 19.4 Å². The highest BCUT2D eigenvalue weighted by atomic mass is 16.5. The van der Waals surface area contributed by atoms with E-state index in [0.717, 1.165) is 36.6 Å². The van der Waals surface area contributed by atoms with Gasteiger partial charge in [-0.15, -0.1) is 0 Å². The van der Waals surface area contributed by atoms with Gasteiger partial charge >= 0.3 is 0 Å². The van der Waals surface area contributed by atoms with Crippen LogP contribution in [0.25, 0.3) is 0 Å². The van der Waals surface area contributed by atoms with Crippen LogP contribution in [0.5, 0.6) is 0 Å². The van der Waals surface area contributed by atoms with Gasteiger partial charge in [0.1, 0.15) is 11.9 Å². The highest BCUT2D eigenvalue weighted by molar-refractivity contribution is 5.43. The fourth-order valence-corrected chi connectivity index (χ4v) is 2.81. The maximum Gasteiger partial charge on any atom is 0.126 e. The Kier molecular flexibility index (Phi) is 4.07. The molecule has 1 fully saturated rings. The fraction of sp³-hybridized carbons (Fsp3) is 0.438. The van der Waals surface area contributed by atoms with Crippen LogP contribution in [0.1, 0.15) is 29.3 Å². The van der Waals surface area contributed by atoms with Crippen molar-refractivity contribution in [2.75, 3.05) is 18.5 Å². The lowest BCUT2D eigenvalue weighted by Gasteiger charge is -2.18. The van der Waals surface area contributed by atoms with Crippen LogP contribution in [0.4, 0.5) is 5.82 Å². The first-order valence-electron chi connectivity index (χ1n) is 7.39. The lowest BCUT2D eigenvalue weighted by atomic mass is 9.97. The fourth-order valence-electron chi connectivity index (χ4n) is 2.81. The van der Waals surface area contributed by atoms with Gasteiger partial charge in [-0.25, -0.2) is 4.98 Å². The van der Waals surface area contributed by atoms with E-state index < -0.39 is 0 Å². The summed E-state index contributed by atoms with van der Waals surface area (Å²) in [7, 11) is 1.91. The third kappa shape index (κ3) is 2.95. The van der Waals surface area contributed by atoms with E-state index in [9.17, 15) is 0 Å². The van der Waals surface area contributed by atoms with Gasteiger partial charge in [-0.2, -0.15) is 10.4 Å². The average molecular weight is 297 g/mol. The molecule has 0 unspecified atom stereocenters. The van der Waals surface area contributed by atoms with Crippen molar-refractivity contribution in [3.63, 3.8) is 0 Å². The van der Waals surface area contributed by atoms with E-state index in [1.165, 1.54) is 0 Å². The number of nitrogens with one attached hydrogen (secondary N) is 1. The topological polar surface area (TPSA) is 75.8 Å². The molecule has 2 aromatic heterocycles. The number of nitriles is 1. The summed E-state index contributed by atoms with van der Waals surface area (Å²) in [4.78, 5) is 4.42. The summed E-state index contributed by atoms with van der Waals surface area (Å²) in [6.45, 7) is 3.41. The quantitative estimate of drug-likeness (QED) is 0.936. The summed E-state index contributed by atoms with van der Waals surface area (Å²) < 4.78 is 7.66. The zero-order chi connectivity index (χ0) is 15.5. The molecule has 22 heavy (non-hydrogen) atoms. The summed E-state index contributed by atoms with van der Waals surface area (Å²) in [5.41, 5.74) is 2.48. The first-order valence-corrected chi connectivity index (χ1v) is 7.39. The standard InChI is InChI=1S/C16H19N5O/c1-11-12(7-17)3-4-15(20-11)18-8-13-5-6-22-16(13)14-9-19-21(2)10-14/h3-4,9-10,13,16H,5-6,8H2,1-2H3,(H,18,20)/t13-,16+/m0/s1. The van der Waals surface area contributed by atoms with Crippen LogP contribution >= 0.6 is 0 Å². The summed E-state index contributed by atoms with van der Waals surface area (Å²) in [5.74, 6) is 1.19. The molecule has 3 heterocycles. The zero-order valence-corrected chi connectivity index (χ0v) is 12.8. The van der Waals surface area contributed by atoms with Crippen molar-refractivity contribution in [3.05, 3.63) is 41.3 Å². The number of ether oxygens (including phenoxy) is 1. The molecule has 1 aliphatic heterocycles. The smallest absolute Gasteiger partial charge is 0.126 e. The van der Waals surface area contributed by atoms with E-state index in [4.69, 9.17) is 10.00 Å². The Morgan fingerprint density at radius 1 is 1.50 bits per heavy atom. The molecule has 0 amide bonds. The van der Waals surface area contributed by atoms with E-state index in [0.29, 0.717) is 11.5 Å². The van der Waals surface area contributed by atoms with Gasteiger partial charge in [-0.3, -0.25) is 4.68 Å². The Morgan fingerprint density at radius 3 is 3.05 bits per heavy atom. The van der Waals surface area contributed by atoms with Gasteiger partial charge in [0.2, 0.25) is 0 Å². The lowest BCUT2D eigenvalue weighted by molar-refractivity contribution is 0.0932. The molecule has 0 spiro atoms. The average Bonchev–Trinajstić information content (AvgIpc) is 3.13. The molecule has 2 aromatic rings. The van der Waals surface area contributed by atoms with E-state index in [1.54, 1.807) is 10.7 Å². The minimum Gasteiger partial charge on any atom is -0.373 e.